The first-order chi connectivity index (χ1) is 17.8. The smallest absolute Gasteiger partial charge is 0.225 e. The molecule has 2 aromatic rings. The molecule has 2 aliphatic rings. The van der Waals surface area contributed by atoms with Gasteiger partial charge >= 0.3 is 0 Å². The zero-order valence-electron chi connectivity index (χ0n) is 22.0. The summed E-state index contributed by atoms with van der Waals surface area (Å²) in [5.74, 6) is 1.90. The molecule has 2 aliphatic heterocycles. The first-order valence-corrected chi connectivity index (χ1v) is 13.3. The van der Waals surface area contributed by atoms with Gasteiger partial charge in [-0.05, 0) is 30.7 Å². The molecule has 0 radical (unpaired) electrons. The molecule has 2 saturated heterocycles. The third-order valence-corrected chi connectivity index (χ3v) is 7.32. The molecule has 9 nitrogen and oxygen atoms in total. The lowest BCUT2D eigenvalue weighted by Gasteiger charge is -2.43. The number of hydrogen-bond donors (Lipinski definition) is 0. The summed E-state index contributed by atoms with van der Waals surface area (Å²) in [5.41, 5.74) is -0.0474. The maximum atomic E-state index is 13.3. The van der Waals surface area contributed by atoms with Crippen LogP contribution in [0.1, 0.15) is 44.0 Å². The fourth-order valence-corrected chi connectivity index (χ4v) is 4.93. The molecular weight excluding hydrogens is 496 g/mol. The van der Waals surface area contributed by atoms with Crippen molar-refractivity contribution in [1.29, 1.82) is 0 Å². The van der Waals surface area contributed by atoms with Gasteiger partial charge in [0, 0.05) is 55.9 Å². The highest BCUT2D eigenvalue weighted by molar-refractivity contribution is 6.31. The number of hydrogen-bond acceptors (Lipinski definition) is 6. The van der Waals surface area contributed by atoms with Crippen LogP contribution >= 0.6 is 11.6 Å². The number of nitrogens with zero attached hydrogens (tertiary/aromatic N) is 4. The van der Waals surface area contributed by atoms with Gasteiger partial charge in [-0.1, -0.05) is 25.4 Å². The maximum absolute atomic E-state index is 13.3. The van der Waals surface area contributed by atoms with Crippen molar-refractivity contribution in [2.45, 2.75) is 51.7 Å². The van der Waals surface area contributed by atoms with Crippen molar-refractivity contribution in [1.82, 2.24) is 19.4 Å². The van der Waals surface area contributed by atoms with Gasteiger partial charge in [0.05, 0.1) is 32.8 Å². The van der Waals surface area contributed by atoms with Crippen molar-refractivity contribution in [3.05, 3.63) is 47.0 Å². The molecule has 0 aliphatic carbocycles. The standard InChI is InChI=1S/C27H37ClN4O5/c1-20(2)26-29-7-9-31(26)8-6-24(33)32-12-15-37-27(18-32,17-25(34)30-10-13-35-14-11-30)19-36-22-4-5-23(28)21(3)16-22/h4-5,7,9,16,20H,6,8,10-15,17-19H2,1-3H3/t27-/m0/s1. The van der Waals surface area contributed by atoms with Gasteiger partial charge in [0.15, 0.2) is 0 Å². The third kappa shape index (κ3) is 7.03. The number of aryl methyl sites for hydroxylation is 2. The lowest BCUT2D eigenvalue weighted by atomic mass is 9.96. The molecule has 0 unspecified atom stereocenters. The van der Waals surface area contributed by atoms with Crippen LogP contribution < -0.4 is 4.74 Å². The van der Waals surface area contributed by atoms with Crippen LogP contribution in [0.2, 0.25) is 5.02 Å². The van der Waals surface area contributed by atoms with Gasteiger partial charge in [-0.2, -0.15) is 0 Å². The molecule has 1 aromatic heterocycles. The van der Waals surface area contributed by atoms with E-state index in [1.807, 2.05) is 23.8 Å². The second kappa shape index (κ2) is 12.3. The molecule has 0 spiro atoms. The topological polar surface area (TPSA) is 86.1 Å². The number of benzene rings is 1. The van der Waals surface area contributed by atoms with Crippen LogP contribution in [-0.2, 0) is 25.6 Å². The summed E-state index contributed by atoms with van der Waals surface area (Å²) in [7, 11) is 0. The summed E-state index contributed by atoms with van der Waals surface area (Å²) in [4.78, 5) is 34.5. The zero-order valence-corrected chi connectivity index (χ0v) is 22.7. The molecule has 2 amide bonds. The molecule has 0 N–H and O–H groups in total. The van der Waals surface area contributed by atoms with Crippen molar-refractivity contribution in [2.75, 3.05) is 52.6 Å². The molecule has 1 atom stereocenters. The van der Waals surface area contributed by atoms with E-state index in [0.29, 0.717) is 63.2 Å². The van der Waals surface area contributed by atoms with E-state index in [1.54, 1.807) is 28.1 Å². The highest BCUT2D eigenvalue weighted by Crippen LogP contribution is 2.28. The van der Waals surface area contributed by atoms with E-state index in [-0.39, 0.29) is 37.3 Å². The summed E-state index contributed by atoms with van der Waals surface area (Å²) in [6.07, 6.45) is 4.16. The summed E-state index contributed by atoms with van der Waals surface area (Å²) in [6, 6.07) is 5.45. The van der Waals surface area contributed by atoms with E-state index in [9.17, 15) is 9.59 Å². The lowest BCUT2D eigenvalue weighted by Crippen LogP contribution is -2.58. The van der Waals surface area contributed by atoms with Gasteiger partial charge < -0.3 is 28.6 Å². The van der Waals surface area contributed by atoms with Crippen LogP contribution in [-0.4, -0.2) is 89.4 Å². The number of ether oxygens (including phenoxy) is 3. The molecule has 2 fully saturated rings. The number of amides is 2. The minimum atomic E-state index is -0.949. The van der Waals surface area contributed by atoms with Gasteiger partial charge in [-0.3, -0.25) is 9.59 Å². The highest BCUT2D eigenvalue weighted by atomic mass is 35.5. The van der Waals surface area contributed by atoms with Gasteiger partial charge in [-0.25, -0.2) is 4.98 Å². The Kier molecular flexibility index (Phi) is 9.10. The highest BCUT2D eigenvalue weighted by Gasteiger charge is 2.42. The van der Waals surface area contributed by atoms with Crippen LogP contribution in [0.4, 0.5) is 0 Å². The number of morpholine rings is 2. The molecule has 3 heterocycles. The Morgan fingerprint density at radius 2 is 1.89 bits per heavy atom. The Balaban J connectivity index is 1.46. The Labute approximate surface area is 223 Å². The van der Waals surface area contributed by atoms with Crippen LogP contribution in [0.25, 0.3) is 0 Å². The Bertz CT molecular complexity index is 1080. The van der Waals surface area contributed by atoms with Gasteiger partial charge in [0.1, 0.15) is 23.8 Å². The van der Waals surface area contributed by atoms with E-state index in [1.165, 1.54) is 0 Å². The van der Waals surface area contributed by atoms with Crippen molar-refractivity contribution in [3.8, 4) is 5.75 Å². The van der Waals surface area contributed by atoms with Gasteiger partial charge in [0.2, 0.25) is 11.8 Å². The molecule has 0 bridgehead atoms. The maximum Gasteiger partial charge on any atom is 0.225 e. The monoisotopic (exact) mass is 532 g/mol. The molecule has 0 saturated carbocycles. The summed E-state index contributed by atoms with van der Waals surface area (Å²) < 4.78 is 19.8. The van der Waals surface area contributed by atoms with Crippen molar-refractivity contribution < 1.29 is 23.8 Å². The van der Waals surface area contributed by atoms with Crippen LogP contribution in [0.15, 0.2) is 30.6 Å². The Morgan fingerprint density at radius 3 is 2.62 bits per heavy atom. The zero-order chi connectivity index (χ0) is 26.4. The second-order valence-electron chi connectivity index (χ2n) is 10.1. The summed E-state index contributed by atoms with van der Waals surface area (Å²) in [6.45, 7) is 10.1. The fraction of sp³-hybridized carbons (Fsp3) is 0.593. The second-order valence-corrected chi connectivity index (χ2v) is 10.5. The average molecular weight is 533 g/mol. The van der Waals surface area contributed by atoms with E-state index in [2.05, 4.69) is 18.8 Å². The number of aromatic nitrogens is 2. The van der Waals surface area contributed by atoms with Crippen LogP contribution in [0, 0.1) is 6.92 Å². The van der Waals surface area contributed by atoms with Crippen molar-refractivity contribution in [3.63, 3.8) is 0 Å². The van der Waals surface area contributed by atoms with Crippen LogP contribution in [0.5, 0.6) is 5.75 Å². The molecule has 37 heavy (non-hydrogen) atoms. The minimum Gasteiger partial charge on any atom is -0.490 e. The first-order valence-electron chi connectivity index (χ1n) is 12.9. The predicted octanol–water partition coefficient (Wildman–Crippen LogP) is 3.28. The first kappa shape index (κ1) is 27.4. The van der Waals surface area contributed by atoms with Gasteiger partial charge in [-0.15, -0.1) is 0 Å². The number of imidazole rings is 1. The Hall–Kier alpha value is -2.62. The van der Waals surface area contributed by atoms with E-state index >= 15 is 0 Å². The lowest BCUT2D eigenvalue weighted by molar-refractivity contribution is -0.167. The Morgan fingerprint density at radius 1 is 1.14 bits per heavy atom. The number of carbonyl (C=O) groups excluding carboxylic acids is 2. The summed E-state index contributed by atoms with van der Waals surface area (Å²) >= 11 is 6.17. The third-order valence-electron chi connectivity index (χ3n) is 6.90. The molecule has 4 rings (SSSR count). The minimum absolute atomic E-state index is 0.0199. The molecule has 202 valence electrons. The normalized spacial score (nSPS) is 20.4. The number of carbonyl (C=O) groups is 2. The SMILES string of the molecule is Cc1cc(OC[C@]2(CC(=O)N3CCOCC3)CN(C(=O)CCn3ccnc3C(C)C)CCO2)ccc1Cl. The molecule has 1 aromatic carbocycles. The molecular formula is C27H37ClN4O5. The van der Waals surface area contributed by atoms with Crippen molar-refractivity contribution >= 4 is 23.4 Å². The number of halogens is 1. The quantitative estimate of drug-likeness (QED) is 0.492. The summed E-state index contributed by atoms with van der Waals surface area (Å²) in [5, 5.41) is 0.661. The molecule has 10 heteroatoms. The van der Waals surface area contributed by atoms with Gasteiger partial charge in [0.25, 0.3) is 0 Å². The van der Waals surface area contributed by atoms with Crippen molar-refractivity contribution in [2.24, 2.45) is 0 Å². The van der Waals surface area contributed by atoms with Crippen LogP contribution in [0.3, 0.4) is 0 Å². The fourth-order valence-electron chi connectivity index (χ4n) is 4.81. The average Bonchev–Trinajstić information content (AvgIpc) is 3.38. The van der Waals surface area contributed by atoms with E-state index in [0.717, 1.165) is 11.4 Å². The predicted molar refractivity (Wildman–Crippen MR) is 140 cm³/mol. The van der Waals surface area contributed by atoms with E-state index < -0.39 is 5.60 Å². The largest absolute Gasteiger partial charge is 0.490 e. The number of rotatable bonds is 9. The van der Waals surface area contributed by atoms with E-state index in [4.69, 9.17) is 25.8 Å².